The van der Waals surface area contributed by atoms with Crippen LogP contribution in [0.1, 0.15) is 23.6 Å². The molecule has 0 bridgehead atoms. The van der Waals surface area contributed by atoms with Gasteiger partial charge in [0.1, 0.15) is 5.82 Å². The van der Waals surface area contributed by atoms with Gasteiger partial charge >= 0.3 is 0 Å². The lowest BCUT2D eigenvalue weighted by atomic mass is 9.94. The number of aromatic hydroxyl groups is 1. The molecule has 2 nitrogen and oxygen atoms in total. The summed E-state index contributed by atoms with van der Waals surface area (Å²) >= 11 is 0. The Morgan fingerprint density at radius 1 is 1.19 bits per heavy atom. The van der Waals surface area contributed by atoms with Crippen LogP contribution in [-0.4, -0.2) is 5.11 Å². The van der Waals surface area contributed by atoms with E-state index in [-0.39, 0.29) is 5.56 Å². The topological polar surface area (TPSA) is 43.3 Å². The number of hydrogen-bond acceptors (Lipinski definition) is 2. The van der Waals surface area contributed by atoms with Gasteiger partial charge in [0.15, 0.2) is 11.6 Å². The number of halogens is 2. The smallest absolute Gasteiger partial charge is 0.165 e. The summed E-state index contributed by atoms with van der Waals surface area (Å²) in [4.78, 5) is 0. The number of phenolic OH excluding ortho intramolecular Hbond substituents is 1. The van der Waals surface area contributed by atoms with Gasteiger partial charge in [-0.25, -0.2) is 8.78 Å². The van der Waals surface area contributed by atoms with Crippen molar-refractivity contribution >= 4 is 11.6 Å². The average Bonchev–Trinajstić information content (AvgIpc) is 2.46. The number of phenols is 1. The molecule has 21 heavy (non-hydrogen) atoms. The van der Waals surface area contributed by atoms with Crippen LogP contribution in [0.15, 0.2) is 43.0 Å². The molecule has 0 saturated carbocycles. The maximum atomic E-state index is 13.4. The molecule has 108 valence electrons. The largest absolute Gasteiger partial charge is 0.870 e. The molecule has 0 fully saturated rings. The Labute approximate surface area is 121 Å². The molecule has 0 spiro atoms. The van der Waals surface area contributed by atoms with E-state index in [1.807, 2.05) is 0 Å². The predicted octanol–water partition coefficient (Wildman–Crippen LogP) is 3.84. The number of hydrogen-bond donors (Lipinski definition) is 1. The summed E-state index contributed by atoms with van der Waals surface area (Å²) in [5.74, 6) is -2.84. The molecule has 0 aliphatic heterocycles. The second-order valence-corrected chi connectivity index (χ2v) is 4.48. The molecule has 0 aromatic heterocycles. The van der Waals surface area contributed by atoms with Crippen molar-refractivity contribution in [2.45, 2.75) is 6.92 Å². The zero-order valence-corrected chi connectivity index (χ0v) is 11.4. The molecular formula is C17H13F2O2-. The maximum Gasteiger partial charge on any atom is 0.165 e. The zero-order valence-electron chi connectivity index (χ0n) is 11.4. The van der Waals surface area contributed by atoms with E-state index in [0.29, 0.717) is 16.7 Å². The van der Waals surface area contributed by atoms with E-state index >= 15 is 0 Å². The summed E-state index contributed by atoms with van der Waals surface area (Å²) in [5, 5.41) is 21.1. The third-order valence-electron chi connectivity index (χ3n) is 3.10. The fourth-order valence-corrected chi connectivity index (χ4v) is 2.02. The van der Waals surface area contributed by atoms with E-state index < -0.39 is 23.1 Å². The minimum Gasteiger partial charge on any atom is -0.870 e. The highest BCUT2D eigenvalue weighted by Gasteiger charge is 2.11. The molecule has 0 amide bonds. The van der Waals surface area contributed by atoms with E-state index in [2.05, 4.69) is 6.58 Å². The van der Waals surface area contributed by atoms with E-state index in [0.717, 1.165) is 12.1 Å². The maximum absolute atomic E-state index is 13.4. The molecule has 0 atom stereocenters. The molecule has 2 aromatic carbocycles. The summed E-state index contributed by atoms with van der Waals surface area (Å²) in [7, 11) is 0. The Morgan fingerprint density at radius 3 is 2.52 bits per heavy atom. The first-order valence-corrected chi connectivity index (χ1v) is 6.26. The van der Waals surface area contributed by atoms with Crippen LogP contribution in [0, 0.1) is 11.6 Å². The van der Waals surface area contributed by atoms with Gasteiger partial charge in [0, 0.05) is 0 Å². The fourth-order valence-electron chi connectivity index (χ4n) is 2.02. The summed E-state index contributed by atoms with van der Waals surface area (Å²) in [6.07, 6.45) is 3.10. The van der Waals surface area contributed by atoms with Gasteiger partial charge in [0.05, 0.1) is 0 Å². The molecule has 0 heterocycles. The van der Waals surface area contributed by atoms with Gasteiger partial charge in [-0.2, -0.15) is 0 Å². The highest BCUT2D eigenvalue weighted by Crippen LogP contribution is 2.32. The second kappa shape index (κ2) is 5.79. The first-order chi connectivity index (χ1) is 9.95. The minimum absolute atomic E-state index is 0.163. The molecule has 0 aliphatic rings. The molecule has 1 N–H and O–H groups in total. The van der Waals surface area contributed by atoms with E-state index in [4.69, 9.17) is 0 Å². The molecule has 0 unspecified atom stereocenters. The Balaban J connectivity index is 2.57. The predicted molar refractivity (Wildman–Crippen MR) is 76.8 cm³/mol. The summed E-state index contributed by atoms with van der Waals surface area (Å²) in [5.41, 5.74) is 1.36. The monoisotopic (exact) mass is 287 g/mol. The molecule has 4 heteroatoms. The second-order valence-electron chi connectivity index (χ2n) is 4.48. The summed E-state index contributed by atoms with van der Waals surface area (Å²) in [6.45, 7) is 5.54. The SMILES string of the molecule is C=C(c1ccc(O)c(F)c1)c1ccc(F)c([O-])c1/C=C\C. The quantitative estimate of drug-likeness (QED) is 0.932. The van der Waals surface area contributed by atoms with Gasteiger partial charge in [-0.1, -0.05) is 36.6 Å². The zero-order chi connectivity index (χ0) is 15.6. The third-order valence-corrected chi connectivity index (χ3v) is 3.10. The van der Waals surface area contributed by atoms with Crippen molar-refractivity contribution in [2.24, 2.45) is 0 Å². The third kappa shape index (κ3) is 2.79. The minimum atomic E-state index is -0.850. The first kappa shape index (κ1) is 14.8. The van der Waals surface area contributed by atoms with Crippen LogP contribution in [0.25, 0.3) is 11.6 Å². The van der Waals surface area contributed by atoms with Crippen LogP contribution in [0.5, 0.6) is 11.5 Å². The molecule has 0 aliphatic carbocycles. The van der Waals surface area contributed by atoms with Crippen LogP contribution in [0.2, 0.25) is 0 Å². The summed E-state index contributed by atoms with van der Waals surface area (Å²) < 4.78 is 26.8. The summed E-state index contributed by atoms with van der Waals surface area (Å²) in [6, 6.07) is 6.29. The van der Waals surface area contributed by atoms with Gasteiger partial charge in [-0.3, -0.25) is 0 Å². The molecule has 0 radical (unpaired) electrons. The van der Waals surface area contributed by atoms with Crippen molar-refractivity contribution in [1.82, 2.24) is 0 Å². The van der Waals surface area contributed by atoms with Gasteiger partial charge in [0.2, 0.25) is 0 Å². The number of rotatable bonds is 3. The Hall–Kier alpha value is -2.62. The van der Waals surface area contributed by atoms with Crippen LogP contribution >= 0.6 is 0 Å². The molecular weight excluding hydrogens is 274 g/mol. The lowest BCUT2D eigenvalue weighted by Gasteiger charge is -2.18. The lowest BCUT2D eigenvalue weighted by Crippen LogP contribution is -2.01. The standard InChI is InChI=1S/C17H14F2O2/c1-3-4-13-12(6-7-14(18)17(13)21)10(2)11-5-8-16(20)15(19)9-11/h3-9,20-21H,2H2,1H3/p-1/b4-3-. The van der Waals surface area contributed by atoms with Crippen molar-refractivity contribution in [2.75, 3.05) is 0 Å². The fraction of sp³-hybridized carbons (Fsp3) is 0.0588. The van der Waals surface area contributed by atoms with Gasteiger partial charge < -0.3 is 10.2 Å². The van der Waals surface area contributed by atoms with Crippen molar-refractivity contribution in [1.29, 1.82) is 0 Å². The number of benzene rings is 2. The van der Waals surface area contributed by atoms with Crippen molar-refractivity contribution < 1.29 is 19.0 Å². The van der Waals surface area contributed by atoms with Crippen LogP contribution in [-0.2, 0) is 0 Å². The molecule has 2 rings (SSSR count). The Bertz CT molecular complexity index is 734. The highest BCUT2D eigenvalue weighted by atomic mass is 19.1. The average molecular weight is 287 g/mol. The van der Waals surface area contributed by atoms with Crippen molar-refractivity contribution in [3.05, 3.63) is 71.3 Å². The number of allylic oxidation sites excluding steroid dienone is 1. The highest BCUT2D eigenvalue weighted by molar-refractivity contribution is 5.84. The van der Waals surface area contributed by atoms with Gasteiger partial charge in [-0.15, -0.1) is 0 Å². The van der Waals surface area contributed by atoms with Crippen molar-refractivity contribution in [3.63, 3.8) is 0 Å². The van der Waals surface area contributed by atoms with Gasteiger partial charge in [-0.05, 0) is 47.4 Å². The lowest BCUT2D eigenvalue weighted by molar-refractivity contribution is -0.272. The van der Waals surface area contributed by atoms with E-state index in [1.165, 1.54) is 24.3 Å². The first-order valence-electron chi connectivity index (χ1n) is 6.26. The van der Waals surface area contributed by atoms with Crippen LogP contribution in [0.3, 0.4) is 0 Å². The Kier molecular flexibility index (Phi) is 4.08. The van der Waals surface area contributed by atoms with Crippen LogP contribution < -0.4 is 5.11 Å². The van der Waals surface area contributed by atoms with E-state index in [1.54, 1.807) is 13.0 Å². The van der Waals surface area contributed by atoms with Crippen LogP contribution in [0.4, 0.5) is 8.78 Å². The van der Waals surface area contributed by atoms with Crippen molar-refractivity contribution in [3.8, 4) is 11.5 Å². The van der Waals surface area contributed by atoms with E-state index in [9.17, 15) is 19.0 Å². The normalized spacial score (nSPS) is 11.0. The molecule has 2 aromatic rings. The molecule has 0 saturated heterocycles. The Morgan fingerprint density at radius 2 is 1.90 bits per heavy atom. The van der Waals surface area contributed by atoms with Gasteiger partial charge in [0.25, 0.3) is 0 Å².